The van der Waals surface area contributed by atoms with Crippen molar-refractivity contribution in [2.75, 3.05) is 24.7 Å². The summed E-state index contributed by atoms with van der Waals surface area (Å²) in [7, 11) is 0. The van der Waals surface area contributed by atoms with Gasteiger partial charge in [0.2, 0.25) is 0 Å². The number of amides is 1. The van der Waals surface area contributed by atoms with Gasteiger partial charge in [-0.1, -0.05) is 29.3 Å². The first-order valence-corrected chi connectivity index (χ1v) is 7.48. The Bertz CT molecular complexity index is 402. The highest BCUT2D eigenvalue weighted by Crippen LogP contribution is 2.25. The lowest BCUT2D eigenvalue weighted by molar-refractivity contribution is 0.0956. The molecule has 1 amide bonds. The third-order valence-corrected chi connectivity index (χ3v) is 4.06. The van der Waals surface area contributed by atoms with E-state index < -0.39 is 0 Å². The summed E-state index contributed by atoms with van der Waals surface area (Å²) < 4.78 is 0. The van der Waals surface area contributed by atoms with Crippen molar-refractivity contribution >= 4 is 40.9 Å². The average molecular weight is 308 g/mol. The summed E-state index contributed by atoms with van der Waals surface area (Å²) in [4.78, 5) is 11.8. The summed E-state index contributed by atoms with van der Waals surface area (Å²) >= 11 is 13.5. The Balaban J connectivity index is 2.35. The van der Waals surface area contributed by atoms with Gasteiger partial charge in [-0.05, 0) is 24.3 Å². The van der Waals surface area contributed by atoms with Crippen molar-refractivity contribution in [1.29, 1.82) is 0 Å². The molecule has 0 fully saturated rings. The van der Waals surface area contributed by atoms with E-state index in [9.17, 15) is 4.79 Å². The Kier molecular flexibility index (Phi) is 7.51. The van der Waals surface area contributed by atoms with Crippen molar-refractivity contribution < 1.29 is 9.90 Å². The molecule has 1 rings (SSSR count). The molecule has 0 atom stereocenters. The van der Waals surface area contributed by atoms with Gasteiger partial charge >= 0.3 is 0 Å². The number of benzene rings is 1. The topological polar surface area (TPSA) is 49.3 Å². The van der Waals surface area contributed by atoms with Gasteiger partial charge in [0.15, 0.2) is 0 Å². The third-order valence-electron chi connectivity index (χ3n) is 2.17. The smallest absolute Gasteiger partial charge is 0.252 e. The van der Waals surface area contributed by atoms with Crippen LogP contribution < -0.4 is 5.32 Å². The number of aliphatic hydroxyl groups excluding tert-OH is 1. The van der Waals surface area contributed by atoms with Gasteiger partial charge in [-0.3, -0.25) is 4.79 Å². The van der Waals surface area contributed by atoms with Crippen LogP contribution in [0, 0.1) is 0 Å². The van der Waals surface area contributed by atoms with Crippen molar-refractivity contribution in [3.63, 3.8) is 0 Å². The SMILES string of the molecule is O=C(NCCSCCCO)c1cccc(Cl)c1Cl. The summed E-state index contributed by atoms with van der Waals surface area (Å²) in [6.45, 7) is 0.773. The molecule has 2 N–H and O–H groups in total. The first-order chi connectivity index (χ1) is 8.66. The number of carbonyl (C=O) groups excluding carboxylic acids is 1. The predicted octanol–water partition coefficient (Wildman–Crippen LogP) is 2.84. The summed E-state index contributed by atoms with van der Waals surface area (Å²) in [5.74, 6) is 1.49. The molecule has 0 spiro atoms. The van der Waals surface area contributed by atoms with E-state index in [1.807, 2.05) is 0 Å². The summed E-state index contributed by atoms with van der Waals surface area (Å²) in [5, 5.41) is 12.0. The van der Waals surface area contributed by atoms with Gasteiger partial charge in [0.05, 0.1) is 15.6 Å². The van der Waals surface area contributed by atoms with Gasteiger partial charge in [0.25, 0.3) is 5.91 Å². The predicted molar refractivity (Wildman–Crippen MR) is 77.8 cm³/mol. The Morgan fingerprint density at radius 1 is 1.33 bits per heavy atom. The van der Waals surface area contributed by atoms with Gasteiger partial charge in [0, 0.05) is 18.9 Å². The fourth-order valence-electron chi connectivity index (χ4n) is 1.28. The Hall–Kier alpha value is -0.420. The van der Waals surface area contributed by atoms with Gasteiger partial charge in [-0.15, -0.1) is 0 Å². The van der Waals surface area contributed by atoms with Gasteiger partial charge in [-0.2, -0.15) is 11.8 Å². The number of nitrogens with one attached hydrogen (secondary N) is 1. The molecule has 0 bridgehead atoms. The molecule has 0 aromatic heterocycles. The Morgan fingerprint density at radius 2 is 2.11 bits per heavy atom. The first-order valence-electron chi connectivity index (χ1n) is 5.57. The molecular formula is C12H15Cl2NO2S. The molecule has 0 saturated heterocycles. The second-order valence-corrected chi connectivity index (χ2v) is 5.56. The van der Waals surface area contributed by atoms with Gasteiger partial charge in [-0.25, -0.2) is 0 Å². The maximum Gasteiger partial charge on any atom is 0.252 e. The van der Waals surface area contributed by atoms with Crippen molar-refractivity contribution in [3.8, 4) is 0 Å². The average Bonchev–Trinajstić information content (AvgIpc) is 2.36. The highest BCUT2D eigenvalue weighted by atomic mass is 35.5. The fourth-order valence-corrected chi connectivity index (χ4v) is 2.45. The zero-order valence-corrected chi connectivity index (χ0v) is 12.1. The monoisotopic (exact) mass is 307 g/mol. The molecular weight excluding hydrogens is 293 g/mol. The molecule has 0 aliphatic carbocycles. The van der Waals surface area contributed by atoms with E-state index in [1.165, 1.54) is 0 Å². The second-order valence-electron chi connectivity index (χ2n) is 3.55. The maximum absolute atomic E-state index is 11.8. The lowest BCUT2D eigenvalue weighted by Crippen LogP contribution is -2.26. The van der Waals surface area contributed by atoms with Crippen molar-refractivity contribution in [2.24, 2.45) is 0 Å². The van der Waals surface area contributed by atoms with Crippen LogP contribution in [0.15, 0.2) is 18.2 Å². The van der Waals surface area contributed by atoms with E-state index in [-0.39, 0.29) is 17.5 Å². The molecule has 0 saturated carbocycles. The van der Waals surface area contributed by atoms with Crippen LogP contribution in [0.4, 0.5) is 0 Å². The normalized spacial score (nSPS) is 10.4. The summed E-state index contributed by atoms with van der Waals surface area (Å²) in [6, 6.07) is 4.98. The number of halogens is 2. The lowest BCUT2D eigenvalue weighted by atomic mass is 10.2. The van der Waals surface area contributed by atoms with E-state index in [1.54, 1.807) is 30.0 Å². The van der Waals surface area contributed by atoms with Crippen LogP contribution in [-0.4, -0.2) is 35.7 Å². The molecule has 6 heteroatoms. The third kappa shape index (κ3) is 5.06. The number of carbonyl (C=O) groups is 1. The summed E-state index contributed by atoms with van der Waals surface area (Å²) in [5.41, 5.74) is 0.393. The molecule has 1 aromatic rings. The fraction of sp³-hybridized carbons (Fsp3) is 0.417. The van der Waals surface area contributed by atoms with E-state index in [4.69, 9.17) is 28.3 Å². The molecule has 1 aromatic carbocycles. The molecule has 0 aliphatic rings. The largest absolute Gasteiger partial charge is 0.396 e. The number of hydrogen-bond acceptors (Lipinski definition) is 3. The van der Waals surface area contributed by atoms with Crippen molar-refractivity contribution in [3.05, 3.63) is 33.8 Å². The van der Waals surface area contributed by atoms with E-state index in [2.05, 4.69) is 5.32 Å². The van der Waals surface area contributed by atoms with E-state index >= 15 is 0 Å². The number of thioether (sulfide) groups is 1. The van der Waals surface area contributed by atoms with Gasteiger partial charge < -0.3 is 10.4 Å². The highest BCUT2D eigenvalue weighted by molar-refractivity contribution is 7.99. The van der Waals surface area contributed by atoms with Crippen molar-refractivity contribution in [2.45, 2.75) is 6.42 Å². The number of hydrogen-bond donors (Lipinski definition) is 2. The summed E-state index contributed by atoms with van der Waals surface area (Å²) in [6.07, 6.45) is 0.777. The van der Waals surface area contributed by atoms with Crippen LogP contribution in [-0.2, 0) is 0 Å². The minimum Gasteiger partial charge on any atom is -0.396 e. The van der Waals surface area contributed by atoms with Crippen LogP contribution in [0.2, 0.25) is 10.0 Å². The molecule has 0 radical (unpaired) electrons. The highest BCUT2D eigenvalue weighted by Gasteiger charge is 2.11. The van der Waals surface area contributed by atoms with E-state index in [0.717, 1.165) is 17.9 Å². The molecule has 0 heterocycles. The molecule has 0 aliphatic heterocycles. The number of aliphatic hydroxyl groups is 1. The lowest BCUT2D eigenvalue weighted by Gasteiger charge is -2.07. The minimum atomic E-state index is -0.217. The Morgan fingerprint density at radius 3 is 2.83 bits per heavy atom. The Labute approximate surface area is 121 Å². The van der Waals surface area contributed by atoms with Crippen molar-refractivity contribution in [1.82, 2.24) is 5.32 Å². The molecule has 18 heavy (non-hydrogen) atoms. The maximum atomic E-state index is 11.8. The number of rotatable bonds is 7. The van der Waals surface area contributed by atoms with Crippen LogP contribution >= 0.6 is 35.0 Å². The zero-order valence-electron chi connectivity index (χ0n) is 9.79. The minimum absolute atomic E-state index is 0.206. The van der Waals surface area contributed by atoms with Crippen LogP contribution in [0.3, 0.4) is 0 Å². The molecule has 100 valence electrons. The van der Waals surface area contributed by atoms with Crippen LogP contribution in [0.25, 0.3) is 0 Å². The second kappa shape index (κ2) is 8.64. The van der Waals surface area contributed by atoms with Crippen LogP contribution in [0.5, 0.6) is 0 Å². The van der Waals surface area contributed by atoms with Gasteiger partial charge in [0.1, 0.15) is 0 Å². The van der Waals surface area contributed by atoms with E-state index in [0.29, 0.717) is 17.1 Å². The molecule has 3 nitrogen and oxygen atoms in total. The molecule has 0 unspecified atom stereocenters. The standard InChI is InChI=1S/C12H15Cl2NO2S/c13-10-4-1-3-9(11(10)14)12(17)15-5-8-18-7-2-6-16/h1,3-4,16H,2,5-8H2,(H,15,17). The van der Waals surface area contributed by atoms with Crippen LogP contribution in [0.1, 0.15) is 16.8 Å². The quantitative estimate of drug-likeness (QED) is 0.762. The first kappa shape index (κ1) is 15.6. The zero-order chi connectivity index (χ0) is 13.4.